The van der Waals surface area contributed by atoms with E-state index in [-0.39, 0.29) is 36.4 Å². The van der Waals surface area contributed by atoms with Gasteiger partial charge in [0, 0.05) is 31.8 Å². The first-order chi connectivity index (χ1) is 13.1. The quantitative estimate of drug-likeness (QED) is 0.491. The molecule has 148 valence electrons. The van der Waals surface area contributed by atoms with Gasteiger partial charge in [-0.25, -0.2) is 15.0 Å². The van der Waals surface area contributed by atoms with Crippen molar-refractivity contribution < 1.29 is 14.4 Å². The van der Waals surface area contributed by atoms with Gasteiger partial charge in [-0.05, 0) is 12.8 Å². The Kier molecular flexibility index (Phi) is 6.42. The van der Waals surface area contributed by atoms with Crippen LogP contribution in [0.2, 0.25) is 0 Å². The smallest absolute Gasteiger partial charge is 0.244 e. The van der Waals surface area contributed by atoms with Crippen LogP contribution in [-0.2, 0) is 22.7 Å². The largest absolute Gasteiger partial charge is 0.323 e. The molecule has 0 saturated carbocycles. The van der Waals surface area contributed by atoms with E-state index in [0.717, 1.165) is 44.3 Å². The third-order valence-electron chi connectivity index (χ3n) is 5.59. The Bertz CT molecular complexity index is 688. The highest BCUT2D eigenvalue weighted by Gasteiger charge is 2.36. The highest BCUT2D eigenvalue weighted by molar-refractivity contribution is 6.01. The number of hydrogen-bond donors (Lipinski definition) is 0. The van der Waals surface area contributed by atoms with Crippen LogP contribution in [0.1, 0.15) is 81.5 Å². The Morgan fingerprint density at radius 1 is 1.07 bits per heavy atom. The molecular weight excluding hydrogens is 344 g/mol. The van der Waals surface area contributed by atoms with E-state index in [0.29, 0.717) is 25.3 Å². The SMILES string of the molecule is CCCCC(CCCC)C(=O)c1cnc2n1CCN(N1C(=O)CCC1=O)C2. The fourth-order valence-electron chi connectivity index (χ4n) is 4.01. The first kappa shape index (κ1) is 19.7. The molecule has 0 aliphatic carbocycles. The summed E-state index contributed by atoms with van der Waals surface area (Å²) >= 11 is 0. The van der Waals surface area contributed by atoms with Crippen molar-refractivity contribution in [1.82, 2.24) is 19.6 Å². The molecule has 27 heavy (non-hydrogen) atoms. The fraction of sp³-hybridized carbons (Fsp3) is 0.700. The highest BCUT2D eigenvalue weighted by atomic mass is 16.2. The molecule has 0 aromatic carbocycles. The average molecular weight is 374 g/mol. The molecule has 1 fully saturated rings. The van der Waals surface area contributed by atoms with E-state index in [4.69, 9.17) is 0 Å². The second-order valence-electron chi connectivity index (χ2n) is 7.54. The zero-order valence-corrected chi connectivity index (χ0v) is 16.4. The Labute approximate surface area is 160 Å². The summed E-state index contributed by atoms with van der Waals surface area (Å²) in [5, 5.41) is 3.03. The normalized spacial score (nSPS) is 17.8. The Morgan fingerprint density at radius 2 is 1.70 bits per heavy atom. The lowest BCUT2D eigenvalue weighted by Gasteiger charge is -2.33. The summed E-state index contributed by atoms with van der Waals surface area (Å²) in [5.41, 5.74) is 0.681. The molecule has 2 aliphatic rings. The number of rotatable bonds is 9. The van der Waals surface area contributed by atoms with Crippen LogP contribution >= 0.6 is 0 Å². The maximum absolute atomic E-state index is 13.1. The molecule has 0 radical (unpaired) electrons. The minimum Gasteiger partial charge on any atom is -0.323 e. The van der Waals surface area contributed by atoms with Gasteiger partial charge in [0.1, 0.15) is 11.5 Å². The maximum Gasteiger partial charge on any atom is 0.244 e. The Hall–Kier alpha value is -2.02. The van der Waals surface area contributed by atoms with Crippen LogP contribution in [0.3, 0.4) is 0 Å². The topological polar surface area (TPSA) is 75.5 Å². The summed E-state index contributed by atoms with van der Waals surface area (Å²) in [5.74, 6) is 0.718. The number of imide groups is 1. The van der Waals surface area contributed by atoms with Gasteiger partial charge in [0.25, 0.3) is 0 Å². The highest BCUT2D eigenvalue weighted by Crippen LogP contribution is 2.25. The molecule has 1 aromatic heterocycles. The van der Waals surface area contributed by atoms with Crippen LogP contribution in [0.4, 0.5) is 0 Å². The third-order valence-corrected chi connectivity index (χ3v) is 5.59. The molecule has 3 rings (SSSR count). The van der Waals surface area contributed by atoms with Gasteiger partial charge in [-0.3, -0.25) is 14.4 Å². The monoisotopic (exact) mass is 374 g/mol. The second kappa shape index (κ2) is 8.78. The molecule has 7 nitrogen and oxygen atoms in total. The minimum absolute atomic E-state index is 0.0606. The van der Waals surface area contributed by atoms with Crippen LogP contribution in [0.5, 0.6) is 0 Å². The lowest BCUT2D eigenvalue weighted by Crippen LogP contribution is -2.49. The average Bonchev–Trinajstić information content (AvgIpc) is 3.23. The van der Waals surface area contributed by atoms with Gasteiger partial charge in [0.05, 0.1) is 12.7 Å². The molecule has 0 atom stereocenters. The summed E-state index contributed by atoms with van der Waals surface area (Å²) in [7, 11) is 0. The number of hydrogen-bond acceptors (Lipinski definition) is 5. The number of amides is 2. The van der Waals surface area contributed by atoms with Gasteiger partial charge < -0.3 is 4.57 Å². The van der Waals surface area contributed by atoms with Gasteiger partial charge in [0.15, 0.2) is 5.78 Å². The predicted octanol–water partition coefficient (Wildman–Crippen LogP) is 2.94. The van der Waals surface area contributed by atoms with Crippen molar-refractivity contribution in [1.29, 1.82) is 0 Å². The van der Waals surface area contributed by atoms with E-state index < -0.39 is 0 Å². The number of carbonyl (C=O) groups excluding carboxylic acids is 3. The summed E-state index contributed by atoms with van der Waals surface area (Å²) in [6.45, 7) is 5.80. The number of hydrazine groups is 1. The van der Waals surface area contributed by atoms with E-state index in [1.165, 1.54) is 5.01 Å². The van der Waals surface area contributed by atoms with Crippen molar-refractivity contribution in [3.8, 4) is 0 Å². The predicted molar refractivity (Wildman–Crippen MR) is 101 cm³/mol. The van der Waals surface area contributed by atoms with Crippen molar-refractivity contribution in [3.05, 3.63) is 17.7 Å². The molecular formula is C20H30N4O3. The number of unbranched alkanes of at least 4 members (excludes halogenated alkanes) is 2. The number of aromatic nitrogens is 2. The molecule has 3 heterocycles. The van der Waals surface area contributed by atoms with E-state index in [1.807, 2.05) is 4.57 Å². The summed E-state index contributed by atoms with van der Waals surface area (Å²) in [4.78, 5) is 41.5. The van der Waals surface area contributed by atoms with Crippen LogP contribution in [0.15, 0.2) is 6.20 Å². The Balaban J connectivity index is 1.74. The van der Waals surface area contributed by atoms with E-state index in [1.54, 1.807) is 11.2 Å². The zero-order chi connectivity index (χ0) is 19.4. The van der Waals surface area contributed by atoms with Gasteiger partial charge in [-0.1, -0.05) is 39.5 Å². The van der Waals surface area contributed by atoms with Crippen molar-refractivity contribution in [2.75, 3.05) is 6.54 Å². The van der Waals surface area contributed by atoms with Gasteiger partial charge in [0.2, 0.25) is 11.8 Å². The minimum atomic E-state index is -0.143. The first-order valence-corrected chi connectivity index (χ1v) is 10.3. The molecule has 0 N–H and O–H groups in total. The first-order valence-electron chi connectivity index (χ1n) is 10.3. The lowest BCUT2D eigenvalue weighted by atomic mass is 9.90. The molecule has 0 unspecified atom stereocenters. The second-order valence-corrected chi connectivity index (χ2v) is 7.54. The summed E-state index contributed by atoms with van der Waals surface area (Å²) in [6.07, 6.45) is 8.41. The lowest BCUT2D eigenvalue weighted by molar-refractivity contribution is -0.159. The number of fused-ring (bicyclic) bond motifs is 1. The van der Waals surface area contributed by atoms with Crippen LogP contribution in [0.25, 0.3) is 0 Å². The molecule has 1 aromatic rings. The van der Waals surface area contributed by atoms with Crippen LogP contribution in [0, 0.1) is 5.92 Å². The number of ketones is 1. The Morgan fingerprint density at radius 3 is 2.30 bits per heavy atom. The molecule has 7 heteroatoms. The van der Waals surface area contributed by atoms with Crippen LogP contribution in [-0.4, -0.2) is 43.7 Å². The number of carbonyl (C=O) groups is 3. The van der Waals surface area contributed by atoms with Gasteiger partial charge in [-0.15, -0.1) is 0 Å². The number of imidazole rings is 1. The van der Waals surface area contributed by atoms with E-state index >= 15 is 0 Å². The van der Waals surface area contributed by atoms with Crippen molar-refractivity contribution in [2.45, 2.75) is 78.3 Å². The van der Waals surface area contributed by atoms with Gasteiger partial charge >= 0.3 is 0 Å². The number of nitrogens with zero attached hydrogens (tertiary/aromatic N) is 4. The summed E-state index contributed by atoms with van der Waals surface area (Å²) in [6, 6.07) is 0. The molecule has 2 amide bonds. The zero-order valence-electron chi connectivity index (χ0n) is 16.4. The van der Waals surface area contributed by atoms with Gasteiger partial charge in [-0.2, -0.15) is 0 Å². The standard InChI is InChI=1S/C20H30N4O3/c1-3-5-7-15(8-6-4-2)20(27)16-13-21-17-14-22(11-12-23(16)17)24-18(25)9-10-19(24)26/h13,15H,3-12,14H2,1-2H3. The van der Waals surface area contributed by atoms with Crippen molar-refractivity contribution >= 4 is 17.6 Å². The van der Waals surface area contributed by atoms with E-state index in [2.05, 4.69) is 18.8 Å². The maximum atomic E-state index is 13.1. The summed E-state index contributed by atoms with van der Waals surface area (Å²) < 4.78 is 1.98. The molecule has 0 bridgehead atoms. The van der Waals surface area contributed by atoms with Crippen molar-refractivity contribution in [3.63, 3.8) is 0 Å². The molecule has 2 aliphatic heterocycles. The molecule has 1 saturated heterocycles. The number of Topliss-reactive ketones (excluding diaryl/α,β-unsaturated/α-hetero) is 1. The third kappa shape index (κ3) is 4.13. The van der Waals surface area contributed by atoms with Crippen LogP contribution < -0.4 is 0 Å². The molecule has 0 spiro atoms. The van der Waals surface area contributed by atoms with Crippen molar-refractivity contribution in [2.24, 2.45) is 5.92 Å². The fourth-order valence-corrected chi connectivity index (χ4v) is 4.01. The van der Waals surface area contributed by atoms with E-state index in [9.17, 15) is 14.4 Å².